The predicted molar refractivity (Wildman–Crippen MR) is 94.4 cm³/mol. The summed E-state index contributed by atoms with van der Waals surface area (Å²) in [6, 6.07) is 5.37. The molecule has 2 saturated heterocycles. The van der Waals surface area contributed by atoms with Crippen molar-refractivity contribution in [2.75, 3.05) is 44.6 Å². The van der Waals surface area contributed by atoms with E-state index in [-0.39, 0.29) is 6.03 Å². The molecule has 3 heterocycles. The van der Waals surface area contributed by atoms with E-state index in [0.29, 0.717) is 24.2 Å². The van der Waals surface area contributed by atoms with E-state index in [4.69, 9.17) is 4.74 Å². The fourth-order valence-electron chi connectivity index (χ4n) is 3.57. The molecule has 3 rings (SSSR count). The molecule has 6 heteroatoms. The van der Waals surface area contributed by atoms with Crippen LogP contribution in [0.15, 0.2) is 18.2 Å². The summed E-state index contributed by atoms with van der Waals surface area (Å²) in [5, 5.41) is 2.89. The van der Waals surface area contributed by atoms with Crippen molar-refractivity contribution < 1.29 is 9.53 Å². The highest BCUT2D eigenvalue weighted by Crippen LogP contribution is 2.21. The third-order valence-electron chi connectivity index (χ3n) is 4.79. The molecule has 0 saturated carbocycles. The van der Waals surface area contributed by atoms with E-state index in [1.165, 1.54) is 32.4 Å². The molecule has 24 heavy (non-hydrogen) atoms. The standard InChI is InChI=1S/C18H28N4O2/c1-2-24-17-8-6-7-16(19-17)20-18(23)22-12-9-15(14-22)13-21-10-4-3-5-11-21/h6-8,15H,2-5,9-14H2,1H3,(H,19,20,23). The minimum atomic E-state index is -0.0581. The van der Waals surface area contributed by atoms with Crippen molar-refractivity contribution in [3.63, 3.8) is 0 Å². The van der Waals surface area contributed by atoms with E-state index in [2.05, 4.69) is 15.2 Å². The van der Waals surface area contributed by atoms with Crippen LogP contribution in [0.5, 0.6) is 5.88 Å². The molecule has 1 aromatic rings. The van der Waals surface area contributed by atoms with Gasteiger partial charge in [-0.15, -0.1) is 0 Å². The van der Waals surface area contributed by atoms with Crippen LogP contribution >= 0.6 is 0 Å². The van der Waals surface area contributed by atoms with E-state index in [1.807, 2.05) is 17.9 Å². The minimum Gasteiger partial charge on any atom is -0.478 e. The first-order valence-electron chi connectivity index (χ1n) is 9.12. The minimum absolute atomic E-state index is 0.0581. The zero-order valence-corrected chi connectivity index (χ0v) is 14.5. The first kappa shape index (κ1) is 17.0. The number of likely N-dealkylation sites (tertiary alicyclic amines) is 2. The van der Waals surface area contributed by atoms with Gasteiger partial charge in [-0.2, -0.15) is 4.98 Å². The smallest absolute Gasteiger partial charge is 0.323 e. The van der Waals surface area contributed by atoms with Crippen molar-refractivity contribution >= 4 is 11.8 Å². The summed E-state index contributed by atoms with van der Waals surface area (Å²) in [6.45, 7) is 7.72. The summed E-state index contributed by atoms with van der Waals surface area (Å²) in [6.07, 6.45) is 5.09. The number of carbonyl (C=O) groups is 1. The van der Waals surface area contributed by atoms with Gasteiger partial charge < -0.3 is 14.5 Å². The Morgan fingerprint density at radius 2 is 2.12 bits per heavy atom. The number of pyridine rings is 1. The van der Waals surface area contributed by atoms with Crippen molar-refractivity contribution in [3.8, 4) is 5.88 Å². The maximum Gasteiger partial charge on any atom is 0.323 e. The lowest BCUT2D eigenvalue weighted by Gasteiger charge is -2.28. The second-order valence-electron chi connectivity index (χ2n) is 6.69. The number of carbonyl (C=O) groups excluding carboxylic acids is 1. The zero-order chi connectivity index (χ0) is 16.8. The highest BCUT2D eigenvalue weighted by molar-refractivity contribution is 5.88. The first-order chi connectivity index (χ1) is 11.7. The van der Waals surface area contributed by atoms with Crippen LogP contribution in [0.4, 0.5) is 10.6 Å². The van der Waals surface area contributed by atoms with Gasteiger partial charge in [-0.3, -0.25) is 5.32 Å². The lowest BCUT2D eigenvalue weighted by atomic mass is 10.1. The van der Waals surface area contributed by atoms with Gasteiger partial charge in [0.05, 0.1) is 6.61 Å². The molecule has 1 N–H and O–H groups in total. The van der Waals surface area contributed by atoms with Crippen molar-refractivity contribution in [1.82, 2.24) is 14.8 Å². The number of nitrogens with zero attached hydrogens (tertiary/aromatic N) is 3. The number of urea groups is 1. The lowest BCUT2D eigenvalue weighted by Crippen LogP contribution is -2.37. The Morgan fingerprint density at radius 3 is 2.92 bits per heavy atom. The molecule has 0 bridgehead atoms. The summed E-state index contributed by atoms with van der Waals surface area (Å²) in [4.78, 5) is 21.2. The molecule has 1 unspecified atom stereocenters. The van der Waals surface area contributed by atoms with Gasteiger partial charge in [-0.05, 0) is 51.3 Å². The third kappa shape index (κ3) is 4.60. The average molecular weight is 332 g/mol. The Balaban J connectivity index is 1.48. The maximum absolute atomic E-state index is 12.4. The van der Waals surface area contributed by atoms with Gasteiger partial charge in [0.15, 0.2) is 0 Å². The summed E-state index contributed by atoms with van der Waals surface area (Å²) in [5.41, 5.74) is 0. The molecule has 132 valence electrons. The fraction of sp³-hybridized carbons (Fsp3) is 0.667. The van der Waals surface area contributed by atoms with E-state index in [1.54, 1.807) is 12.1 Å². The van der Waals surface area contributed by atoms with Gasteiger partial charge in [0.1, 0.15) is 5.82 Å². The van der Waals surface area contributed by atoms with E-state index < -0.39 is 0 Å². The molecule has 0 spiro atoms. The van der Waals surface area contributed by atoms with Crippen LogP contribution in [0.2, 0.25) is 0 Å². The Morgan fingerprint density at radius 1 is 1.29 bits per heavy atom. The number of nitrogens with one attached hydrogen (secondary N) is 1. The van der Waals surface area contributed by atoms with E-state index in [9.17, 15) is 4.79 Å². The molecule has 6 nitrogen and oxygen atoms in total. The number of aromatic nitrogens is 1. The molecular formula is C18H28N4O2. The molecule has 2 fully saturated rings. The Hall–Kier alpha value is -1.82. The monoisotopic (exact) mass is 332 g/mol. The molecule has 1 aromatic heterocycles. The third-order valence-corrected chi connectivity index (χ3v) is 4.79. The van der Waals surface area contributed by atoms with Crippen molar-refractivity contribution in [2.45, 2.75) is 32.6 Å². The molecule has 2 aliphatic rings. The summed E-state index contributed by atoms with van der Waals surface area (Å²) in [5.74, 6) is 1.68. The van der Waals surface area contributed by atoms with Gasteiger partial charge in [0, 0.05) is 25.7 Å². The Labute approximate surface area is 144 Å². The van der Waals surface area contributed by atoms with Crippen LogP contribution < -0.4 is 10.1 Å². The van der Waals surface area contributed by atoms with Crippen LogP contribution in [0.1, 0.15) is 32.6 Å². The van der Waals surface area contributed by atoms with E-state index >= 15 is 0 Å². The molecule has 0 aromatic carbocycles. The van der Waals surface area contributed by atoms with Crippen LogP contribution in [0.25, 0.3) is 0 Å². The number of anilines is 1. The Kier molecular flexibility index (Phi) is 5.91. The summed E-state index contributed by atoms with van der Waals surface area (Å²) in [7, 11) is 0. The average Bonchev–Trinajstić information content (AvgIpc) is 3.05. The number of hydrogen-bond donors (Lipinski definition) is 1. The number of rotatable bonds is 5. The molecule has 0 aliphatic carbocycles. The van der Waals surface area contributed by atoms with Crippen molar-refractivity contribution in [3.05, 3.63) is 18.2 Å². The molecule has 2 amide bonds. The molecule has 1 atom stereocenters. The second kappa shape index (κ2) is 8.33. The van der Waals surface area contributed by atoms with Crippen LogP contribution in [-0.4, -0.2) is 60.1 Å². The lowest BCUT2D eigenvalue weighted by molar-refractivity contribution is 0.192. The maximum atomic E-state index is 12.4. The first-order valence-corrected chi connectivity index (χ1v) is 9.12. The highest BCUT2D eigenvalue weighted by atomic mass is 16.5. The topological polar surface area (TPSA) is 57.7 Å². The molecular weight excluding hydrogens is 304 g/mol. The van der Waals surface area contributed by atoms with Crippen LogP contribution in [0, 0.1) is 5.92 Å². The zero-order valence-electron chi connectivity index (χ0n) is 14.5. The van der Waals surface area contributed by atoms with Gasteiger partial charge in [-0.25, -0.2) is 4.79 Å². The number of piperidine rings is 1. The van der Waals surface area contributed by atoms with Gasteiger partial charge in [0.25, 0.3) is 0 Å². The largest absolute Gasteiger partial charge is 0.478 e. The van der Waals surface area contributed by atoms with Gasteiger partial charge >= 0.3 is 6.03 Å². The SMILES string of the molecule is CCOc1cccc(NC(=O)N2CCC(CN3CCCCC3)C2)n1. The van der Waals surface area contributed by atoms with E-state index in [0.717, 1.165) is 26.1 Å². The quantitative estimate of drug-likeness (QED) is 0.901. The summed E-state index contributed by atoms with van der Waals surface area (Å²) < 4.78 is 5.37. The van der Waals surface area contributed by atoms with Gasteiger partial charge in [-0.1, -0.05) is 12.5 Å². The fourth-order valence-corrected chi connectivity index (χ4v) is 3.57. The molecule has 0 radical (unpaired) electrons. The molecule has 2 aliphatic heterocycles. The van der Waals surface area contributed by atoms with Crippen molar-refractivity contribution in [2.24, 2.45) is 5.92 Å². The number of ether oxygens (including phenoxy) is 1. The van der Waals surface area contributed by atoms with Crippen LogP contribution in [-0.2, 0) is 0 Å². The number of amides is 2. The predicted octanol–water partition coefficient (Wildman–Crippen LogP) is 2.82. The normalized spacial score (nSPS) is 21.7. The van der Waals surface area contributed by atoms with Gasteiger partial charge in [0.2, 0.25) is 5.88 Å². The van der Waals surface area contributed by atoms with Crippen LogP contribution in [0.3, 0.4) is 0 Å². The summed E-state index contributed by atoms with van der Waals surface area (Å²) >= 11 is 0. The van der Waals surface area contributed by atoms with Crippen molar-refractivity contribution in [1.29, 1.82) is 0 Å². The Bertz CT molecular complexity index is 546. The number of hydrogen-bond acceptors (Lipinski definition) is 4. The second-order valence-corrected chi connectivity index (χ2v) is 6.69. The highest BCUT2D eigenvalue weighted by Gasteiger charge is 2.28.